The molecule has 0 bridgehead atoms. The van der Waals surface area contributed by atoms with Crippen LogP contribution in [0.1, 0.15) is 92.4 Å². The first-order valence-corrected chi connectivity index (χ1v) is 13.1. The fourth-order valence-electron chi connectivity index (χ4n) is 9.68. The van der Waals surface area contributed by atoms with Gasteiger partial charge >= 0.3 is 11.9 Å². The Labute approximate surface area is 193 Å². The number of aliphatic hydroxyl groups excluding tert-OH is 1. The fraction of sp³-hybridized carbons (Fsp3) is 0.926. The molecule has 5 heteroatoms. The van der Waals surface area contributed by atoms with E-state index in [0.29, 0.717) is 29.6 Å². The minimum atomic E-state index is -0.693. The van der Waals surface area contributed by atoms with E-state index in [2.05, 4.69) is 27.7 Å². The number of esters is 1. The monoisotopic (exact) mass is 448 g/mol. The van der Waals surface area contributed by atoms with Crippen LogP contribution in [0.15, 0.2) is 0 Å². The molecular weight excluding hydrogens is 404 g/mol. The molecule has 2 N–H and O–H groups in total. The molecule has 0 spiro atoms. The van der Waals surface area contributed by atoms with Crippen molar-refractivity contribution in [3.8, 4) is 0 Å². The van der Waals surface area contributed by atoms with E-state index in [1.807, 2.05) is 0 Å². The Bertz CT molecular complexity index is 736. The highest BCUT2D eigenvalue weighted by atomic mass is 16.5. The Morgan fingerprint density at radius 3 is 2.31 bits per heavy atom. The summed E-state index contributed by atoms with van der Waals surface area (Å²) in [5.74, 6) is 1.68. The summed E-state index contributed by atoms with van der Waals surface area (Å²) >= 11 is 0. The number of aliphatic carboxylic acids is 1. The molecule has 0 amide bonds. The predicted octanol–water partition coefficient (Wildman–Crippen LogP) is 5.29. The Kier molecular flexibility index (Phi) is 6.46. The Morgan fingerprint density at radius 1 is 1.03 bits per heavy atom. The number of aliphatic hydroxyl groups is 1. The summed E-state index contributed by atoms with van der Waals surface area (Å²) in [6.07, 6.45) is 8.27. The molecule has 5 nitrogen and oxygen atoms in total. The topological polar surface area (TPSA) is 83.8 Å². The van der Waals surface area contributed by atoms with Crippen LogP contribution in [0, 0.1) is 52.3 Å². The van der Waals surface area contributed by atoms with Gasteiger partial charge in [0.15, 0.2) is 0 Å². The number of carbonyl (C=O) groups is 2. The molecule has 4 unspecified atom stereocenters. The highest BCUT2D eigenvalue weighted by molar-refractivity contribution is 5.67. The van der Waals surface area contributed by atoms with Crippen LogP contribution in [-0.2, 0) is 14.3 Å². The Balaban J connectivity index is 1.62. The average Bonchev–Trinajstić information content (AvgIpc) is 3.05. The van der Waals surface area contributed by atoms with E-state index >= 15 is 0 Å². The lowest BCUT2D eigenvalue weighted by Gasteiger charge is -2.64. The van der Waals surface area contributed by atoms with Crippen molar-refractivity contribution in [2.45, 2.75) is 105 Å². The molecule has 0 saturated heterocycles. The van der Waals surface area contributed by atoms with Crippen LogP contribution in [-0.4, -0.2) is 34.4 Å². The minimum Gasteiger partial charge on any atom is -0.481 e. The lowest BCUT2D eigenvalue weighted by molar-refractivity contribution is -0.207. The number of hydrogen-bond donors (Lipinski definition) is 2. The number of fused-ring (bicyclic) bond motifs is 5. The lowest BCUT2D eigenvalue weighted by Crippen LogP contribution is -2.62. The van der Waals surface area contributed by atoms with E-state index in [9.17, 15) is 19.8 Å². The second-order valence-electron chi connectivity index (χ2n) is 12.3. The molecule has 4 aliphatic carbocycles. The maximum absolute atomic E-state index is 11.8. The second kappa shape index (κ2) is 8.60. The first-order chi connectivity index (χ1) is 15.0. The average molecular weight is 449 g/mol. The van der Waals surface area contributed by atoms with Gasteiger partial charge in [0, 0.05) is 13.3 Å². The van der Waals surface area contributed by atoms with E-state index in [1.165, 1.54) is 6.92 Å². The zero-order chi connectivity index (χ0) is 23.4. The van der Waals surface area contributed by atoms with Crippen LogP contribution < -0.4 is 0 Å². The molecule has 0 aromatic heterocycles. The minimum absolute atomic E-state index is 0.00930. The number of carbonyl (C=O) groups excluding carboxylic acids is 1. The molecule has 11 atom stereocenters. The number of rotatable bonds is 5. The smallest absolute Gasteiger partial charge is 0.303 e. The van der Waals surface area contributed by atoms with Gasteiger partial charge in [-0.15, -0.1) is 0 Å². The molecule has 0 aromatic carbocycles. The maximum Gasteiger partial charge on any atom is 0.303 e. The molecule has 0 radical (unpaired) electrons. The van der Waals surface area contributed by atoms with Crippen molar-refractivity contribution in [3.63, 3.8) is 0 Å². The van der Waals surface area contributed by atoms with Gasteiger partial charge in [-0.05, 0) is 97.2 Å². The summed E-state index contributed by atoms with van der Waals surface area (Å²) in [5, 5.41) is 21.2. The largest absolute Gasteiger partial charge is 0.481 e. The highest BCUT2D eigenvalue weighted by Crippen LogP contribution is 2.69. The molecule has 182 valence electrons. The van der Waals surface area contributed by atoms with Gasteiger partial charge in [-0.25, -0.2) is 0 Å². The van der Waals surface area contributed by atoms with Gasteiger partial charge in [0.25, 0.3) is 0 Å². The van der Waals surface area contributed by atoms with Crippen molar-refractivity contribution in [2.75, 3.05) is 0 Å². The third-order valence-corrected chi connectivity index (χ3v) is 11.0. The number of carboxylic acid groups (broad SMARTS) is 1. The van der Waals surface area contributed by atoms with Gasteiger partial charge in [0.05, 0.1) is 6.10 Å². The summed E-state index contributed by atoms with van der Waals surface area (Å²) in [5.41, 5.74) is 0.320. The van der Waals surface area contributed by atoms with E-state index in [-0.39, 0.29) is 47.3 Å². The number of hydrogen-bond acceptors (Lipinski definition) is 4. The molecule has 4 fully saturated rings. The van der Waals surface area contributed by atoms with E-state index < -0.39 is 5.97 Å². The van der Waals surface area contributed by atoms with Gasteiger partial charge in [-0.1, -0.05) is 34.1 Å². The van der Waals surface area contributed by atoms with Crippen molar-refractivity contribution < 1.29 is 24.5 Å². The molecule has 0 aliphatic heterocycles. The second-order valence-corrected chi connectivity index (χ2v) is 12.3. The van der Waals surface area contributed by atoms with E-state index in [1.54, 1.807) is 0 Å². The first kappa shape index (κ1) is 24.0. The van der Waals surface area contributed by atoms with E-state index in [0.717, 1.165) is 51.4 Å². The predicted molar refractivity (Wildman–Crippen MR) is 123 cm³/mol. The van der Waals surface area contributed by atoms with Gasteiger partial charge in [-0.2, -0.15) is 0 Å². The molecular formula is C27H44O5. The zero-order valence-corrected chi connectivity index (χ0v) is 20.7. The molecule has 0 heterocycles. The van der Waals surface area contributed by atoms with Crippen LogP contribution in [0.5, 0.6) is 0 Å². The van der Waals surface area contributed by atoms with Crippen molar-refractivity contribution in [1.29, 1.82) is 0 Å². The molecule has 0 aromatic rings. The molecule has 32 heavy (non-hydrogen) atoms. The summed E-state index contributed by atoms with van der Waals surface area (Å²) in [4.78, 5) is 23.0. The molecule has 4 saturated carbocycles. The van der Waals surface area contributed by atoms with Gasteiger partial charge in [-0.3, -0.25) is 9.59 Å². The van der Waals surface area contributed by atoms with Crippen molar-refractivity contribution in [2.24, 2.45) is 52.3 Å². The fourth-order valence-corrected chi connectivity index (χ4v) is 9.68. The Hall–Kier alpha value is -1.10. The van der Waals surface area contributed by atoms with Crippen LogP contribution in [0.2, 0.25) is 0 Å². The van der Waals surface area contributed by atoms with Crippen LogP contribution in [0.3, 0.4) is 0 Å². The van der Waals surface area contributed by atoms with Gasteiger partial charge < -0.3 is 14.9 Å². The number of carboxylic acids is 1. The standard InChI is InChI=1S/C27H44O5/c1-6-18-22-14-17(32-16(3)28)9-11-27(22,5)21-10-12-26(4)19(15(2)13-23(29)30)7-8-20(26)24(21)25(18)31/h15,17-22,24-25,31H,6-14H2,1-5H3,(H,29,30)/t15-,17-,18-,19-,20?,21?,22?,24?,25-,26-,27-/m1/s1. The Morgan fingerprint density at radius 2 is 1.69 bits per heavy atom. The zero-order valence-electron chi connectivity index (χ0n) is 20.7. The van der Waals surface area contributed by atoms with Crippen molar-refractivity contribution in [1.82, 2.24) is 0 Å². The third-order valence-electron chi connectivity index (χ3n) is 11.0. The third kappa shape index (κ3) is 3.71. The van der Waals surface area contributed by atoms with Crippen LogP contribution >= 0.6 is 0 Å². The lowest BCUT2D eigenvalue weighted by atomic mass is 9.41. The summed E-state index contributed by atoms with van der Waals surface area (Å²) < 4.78 is 5.64. The van der Waals surface area contributed by atoms with Crippen LogP contribution in [0.25, 0.3) is 0 Å². The van der Waals surface area contributed by atoms with E-state index in [4.69, 9.17) is 4.74 Å². The van der Waals surface area contributed by atoms with Crippen LogP contribution in [0.4, 0.5) is 0 Å². The highest BCUT2D eigenvalue weighted by Gasteiger charge is 2.65. The van der Waals surface area contributed by atoms with Gasteiger partial charge in [0.1, 0.15) is 6.10 Å². The quantitative estimate of drug-likeness (QED) is 0.558. The normalized spacial score (nSPS) is 48.8. The summed E-state index contributed by atoms with van der Waals surface area (Å²) in [6, 6.07) is 0. The molecule has 4 rings (SSSR count). The summed E-state index contributed by atoms with van der Waals surface area (Å²) in [6.45, 7) is 10.7. The summed E-state index contributed by atoms with van der Waals surface area (Å²) in [7, 11) is 0. The first-order valence-electron chi connectivity index (χ1n) is 13.1. The maximum atomic E-state index is 11.8. The van der Waals surface area contributed by atoms with Gasteiger partial charge in [0.2, 0.25) is 0 Å². The number of ether oxygens (including phenoxy) is 1. The SMILES string of the molecule is CC[C@@H]1C2C[C@H](OC(C)=O)CC[C@]2(C)C2CC[C@@]3(C)C(CC[C@@H]3[C@H](C)CC(=O)O)C2[C@@H]1O. The van der Waals surface area contributed by atoms with Crippen molar-refractivity contribution >= 4 is 11.9 Å². The van der Waals surface area contributed by atoms with Crippen molar-refractivity contribution in [3.05, 3.63) is 0 Å². The molecule has 4 aliphatic rings.